The zero-order chi connectivity index (χ0) is 19.8. The first-order valence-corrected chi connectivity index (χ1v) is 10.5. The number of carbonyl (C=O) groups is 2. The molecule has 2 aliphatic carbocycles. The van der Waals surface area contributed by atoms with Crippen molar-refractivity contribution in [3.05, 3.63) is 0 Å². The summed E-state index contributed by atoms with van der Waals surface area (Å²) in [7, 11) is 1.32. The Morgan fingerprint density at radius 1 is 0.852 bits per heavy atom. The average molecular weight is 385 g/mol. The van der Waals surface area contributed by atoms with Crippen molar-refractivity contribution in [3.63, 3.8) is 0 Å². The maximum absolute atomic E-state index is 10.5. The molecule has 1 N–H and O–H groups in total. The summed E-state index contributed by atoms with van der Waals surface area (Å²) < 4.78 is 15.1. The first-order valence-electron chi connectivity index (χ1n) is 10.5. The predicted octanol–water partition coefficient (Wildman–Crippen LogP) is 3.95. The van der Waals surface area contributed by atoms with Crippen LogP contribution in [0, 0.1) is 11.8 Å². The van der Waals surface area contributed by atoms with Crippen molar-refractivity contribution < 1.29 is 28.9 Å². The molecule has 0 radical (unpaired) electrons. The van der Waals surface area contributed by atoms with Gasteiger partial charge in [-0.1, -0.05) is 13.8 Å². The van der Waals surface area contributed by atoms with Gasteiger partial charge in [-0.25, -0.2) is 0 Å². The van der Waals surface area contributed by atoms with Gasteiger partial charge in [0.1, 0.15) is 0 Å². The first-order chi connectivity index (χ1) is 12.9. The number of methoxy groups -OCH3 is 1. The zero-order valence-electron chi connectivity index (χ0n) is 17.0. The van der Waals surface area contributed by atoms with Crippen LogP contribution in [0.3, 0.4) is 0 Å². The summed E-state index contributed by atoms with van der Waals surface area (Å²) in [5, 5.41) is 8.22. The van der Waals surface area contributed by atoms with Crippen molar-refractivity contribution in [2.75, 3.05) is 7.11 Å². The lowest BCUT2D eigenvalue weighted by molar-refractivity contribution is -0.141. The van der Waals surface area contributed by atoms with E-state index >= 15 is 0 Å². The van der Waals surface area contributed by atoms with E-state index < -0.39 is 5.97 Å². The molecule has 0 aromatic heterocycles. The van der Waals surface area contributed by atoms with E-state index in [2.05, 4.69) is 18.6 Å². The third kappa shape index (κ3) is 9.06. The van der Waals surface area contributed by atoms with Crippen molar-refractivity contribution in [3.8, 4) is 0 Å². The smallest absolute Gasteiger partial charge is 0.305 e. The molecule has 27 heavy (non-hydrogen) atoms. The molecule has 0 amide bonds. The van der Waals surface area contributed by atoms with E-state index in [1.54, 1.807) is 0 Å². The first kappa shape index (κ1) is 22.2. The molecule has 2 aliphatic heterocycles. The van der Waals surface area contributed by atoms with Gasteiger partial charge in [0.25, 0.3) is 0 Å². The molecule has 0 spiro atoms. The summed E-state index contributed by atoms with van der Waals surface area (Å²) in [6.45, 7) is 4.63. The number of rotatable bonds is 5. The van der Waals surface area contributed by atoms with Crippen LogP contribution >= 0.6 is 0 Å². The number of hydrogen-bond acceptors (Lipinski definition) is 5. The maximum atomic E-state index is 10.5. The number of esters is 1. The van der Waals surface area contributed by atoms with Gasteiger partial charge in [0, 0.05) is 12.8 Å². The molecule has 4 aliphatic rings. The van der Waals surface area contributed by atoms with Crippen molar-refractivity contribution in [1.29, 1.82) is 0 Å². The van der Waals surface area contributed by atoms with E-state index in [1.807, 2.05) is 0 Å². The highest BCUT2D eigenvalue weighted by atomic mass is 16.6. The van der Waals surface area contributed by atoms with Gasteiger partial charge in [0.2, 0.25) is 0 Å². The largest absolute Gasteiger partial charge is 0.481 e. The second-order valence-electron chi connectivity index (χ2n) is 8.44. The maximum Gasteiger partial charge on any atom is 0.305 e. The van der Waals surface area contributed by atoms with Crippen molar-refractivity contribution in [2.24, 2.45) is 11.8 Å². The highest BCUT2D eigenvalue weighted by Crippen LogP contribution is 2.39. The highest BCUT2D eigenvalue weighted by molar-refractivity contribution is 5.69. The van der Waals surface area contributed by atoms with Crippen molar-refractivity contribution in [2.45, 2.75) is 102 Å². The molecule has 6 heteroatoms. The van der Waals surface area contributed by atoms with Crippen LogP contribution in [0.15, 0.2) is 0 Å². The molecule has 4 fully saturated rings. The Hall–Kier alpha value is -1.14. The Labute approximate surface area is 162 Å². The summed E-state index contributed by atoms with van der Waals surface area (Å²) in [6.07, 6.45) is 12.4. The Morgan fingerprint density at radius 2 is 1.33 bits per heavy atom. The number of unbranched alkanes of at least 4 members (excludes halogenated alkanes) is 1. The van der Waals surface area contributed by atoms with Crippen molar-refractivity contribution >= 4 is 11.9 Å². The number of fused-ring (bicyclic) bond motifs is 2. The Bertz CT molecular complexity index is 453. The summed E-state index contributed by atoms with van der Waals surface area (Å²) in [5.41, 5.74) is 0. The van der Waals surface area contributed by atoms with Crippen LogP contribution < -0.4 is 0 Å². The zero-order valence-corrected chi connectivity index (χ0v) is 17.0. The number of carboxylic acids is 1. The molecule has 4 rings (SSSR count). The molecule has 0 bridgehead atoms. The second-order valence-corrected chi connectivity index (χ2v) is 8.44. The third-order valence-corrected chi connectivity index (χ3v) is 5.78. The highest BCUT2D eigenvalue weighted by Gasteiger charge is 2.43. The van der Waals surface area contributed by atoms with Gasteiger partial charge in [0.15, 0.2) is 0 Å². The SMILES string of the molecule is CC1CCC2OC2C1.CC1CCC2OC2C1.COC(=O)CCCCC(=O)O. The fourth-order valence-electron chi connectivity index (χ4n) is 3.85. The summed E-state index contributed by atoms with van der Waals surface area (Å²) in [4.78, 5) is 20.5. The number of carbonyl (C=O) groups excluding carboxylic acids is 1. The van der Waals surface area contributed by atoms with E-state index in [4.69, 9.17) is 14.6 Å². The van der Waals surface area contributed by atoms with Gasteiger partial charge in [0.05, 0.1) is 31.5 Å². The third-order valence-electron chi connectivity index (χ3n) is 5.78. The van der Waals surface area contributed by atoms with Gasteiger partial charge in [-0.2, -0.15) is 0 Å². The van der Waals surface area contributed by atoms with Gasteiger partial charge in [-0.05, 0) is 63.2 Å². The van der Waals surface area contributed by atoms with Crippen LogP contribution in [0.5, 0.6) is 0 Å². The standard InChI is InChI=1S/C7H12O4.2C7H12O/c1-11-7(10)5-3-2-4-6(8)9;2*1-5-2-3-6-7(4-5)8-6/h2-5H2,1H3,(H,8,9);2*5-7H,2-4H2,1H3. The van der Waals surface area contributed by atoms with Crippen LogP contribution in [-0.4, -0.2) is 48.6 Å². The Kier molecular flexibility index (Phi) is 9.03. The van der Waals surface area contributed by atoms with Crippen LogP contribution in [0.25, 0.3) is 0 Å². The van der Waals surface area contributed by atoms with E-state index in [0.717, 1.165) is 11.8 Å². The summed E-state index contributed by atoms with van der Waals surface area (Å²) in [5.74, 6) is 0.753. The van der Waals surface area contributed by atoms with Crippen LogP contribution in [0.4, 0.5) is 0 Å². The number of carboxylic acid groups (broad SMARTS) is 1. The number of aliphatic carboxylic acids is 1. The van der Waals surface area contributed by atoms with Gasteiger partial charge in [-0.15, -0.1) is 0 Å². The van der Waals surface area contributed by atoms with Gasteiger partial charge >= 0.3 is 11.9 Å². The molecular weight excluding hydrogens is 348 g/mol. The van der Waals surface area contributed by atoms with Gasteiger partial charge < -0.3 is 19.3 Å². The minimum Gasteiger partial charge on any atom is -0.481 e. The summed E-state index contributed by atoms with van der Waals surface area (Å²) >= 11 is 0. The number of ether oxygens (including phenoxy) is 3. The lowest BCUT2D eigenvalue weighted by atomic mass is 9.91. The Morgan fingerprint density at radius 3 is 1.70 bits per heavy atom. The lowest BCUT2D eigenvalue weighted by Gasteiger charge is -2.11. The second kappa shape index (κ2) is 11.0. The number of hydrogen-bond donors (Lipinski definition) is 1. The molecule has 0 aromatic carbocycles. The average Bonchev–Trinajstić information content (AvgIpc) is 3.53. The topological polar surface area (TPSA) is 88.7 Å². The van der Waals surface area contributed by atoms with E-state index in [-0.39, 0.29) is 12.4 Å². The molecule has 6 nitrogen and oxygen atoms in total. The van der Waals surface area contributed by atoms with Crippen LogP contribution in [0.2, 0.25) is 0 Å². The molecule has 2 heterocycles. The van der Waals surface area contributed by atoms with E-state index in [1.165, 1.54) is 45.6 Å². The van der Waals surface area contributed by atoms with Crippen molar-refractivity contribution in [1.82, 2.24) is 0 Å². The normalized spacial score (nSPS) is 35.1. The fourth-order valence-corrected chi connectivity index (χ4v) is 3.85. The number of epoxide rings is 2. The molecule has 156 valence electrons. The van der Waals surface area contributed by atoms with Crippen LogP contribution in [0.1, 0.15) is 78.1 Å². The quantitative estimate of drug-likeness (QED) is 0.438. The molecule has 6 unspecified atom stereocenters. The minimum absolute atomic E-state index is 0.122. The predicted molar refractivity (Wildman–Crippen MR) is 101 cm³/mol. The summed E-state index contributed by atoms with van der Waals surface area (Å²) in [6, 6.07) is 0. The molecule has 2 saturated heterocycles. The van der Waals surface area contributed by atoms with E-state index in [9.17, 15) is 9.59 Å². The molecule has 6 atom stereocenters. The van der Waals surface area contributed by atoms with E-state index in [0.29, 0.717) is 43.7 Å². The molecular formula is C21H36O6. The molecule has 0 aromatic rings. The fraction of sp³-hybridized carbons (Fsp3) is 0.905. The minimum atomic E-state index is -0.824. The lowest BCUT2D eigenvalue weighted by Crippen LogP contribution is -2.09. The van der Waals surface area contributed by atoms with Gasteiger partial charge in [-0.3, -0.25) is 9.59 Å². The molecule has 2 saturated carbocycles. The monoisotopic (exact) mass is 384 g/mol. The Balaban J connectivity index is 0.000000147. The van der Waals surface area contributed by atoms with Crippen LogP contribution in [-0.2, 0) is 23.8 Å².